The molecule has 1 fully saturated rings. The SMILES string of the molecule is C[C@@H]1CN([C@H](C)CO)C(=O)CCCn2cc(nn2)CO[C@@H]1CN(C)C(=O)Nc1ccnc(N2CCOCC2)c1. The molecule has 0 spiro atoms. The zero-order chi connectivity index (χ0) is 27.8. The molecule has 0 aromatic carbocycles. The molecule has 214 valence electrons. The van der Waals surface area contributed by atoms with Gasteiger partial charge in [-0.1, -0.05) is 12.1 Å². The van der Waals surface area contributed by atoms with Crippen LogP contribution in [0, 0.1) is 5.92 Å². The highest BCUT2D eigenvalue weighted by Gasteiger charge is 2.29. The first-order valence-electron chi connectivity index (χ1n) is 13.6. The first-order chi connectivity index (χ1) is 18.8. The molecule has 13 nitrogen and oxygen atoms in total. The number of morpholine rings is 1. The predicted octanol–water partition coefficient (Wildman–Crippen LogP) is 1.20. The van der Waals surface area contributed by atoms with Crippen molar-refractivity contribution in [3.8, 4) is 0 Å². The number of amides is 3. The third-order valence-electron chi connectivity index (χ3n) is 7.18. The van der Waals surface area contributed by atoms with Gasteiger partial charge in [-0.3, -0.25) is 9.48 Å². The van der Waals surface area contributed by atoms with Crippen LogP contribution in [0.1, 0.15) is 32.4 Å². The number of carbonyl (C=O) groups is 2. The number of aromatic nitrogens is 4. The molecule has 4 heterocycles. The van der Waals surface area contributed by atoms with E-state index < -0.39 is 6.10 Å². The van der Waals surface area contributed by atoms with Crippen molar-refractivity contribution in [3.05, 3.63) is 30.2 Å². The fourth-order valence-electron chi connectivity index (χ4n) is 4.73. The van der Waals surface area contributed by atoms with E-state index in [0.717, 1.165) is 18.9 Å². The van der Waals surface area contributed by atoms with Gasteiger partial charge >= 0.3 is 6.03 Å². The smallest absolute Gasteiger partial charge is 0.321 e. The zero-order valence-corrected chi connectivity index (χ0v) is 23.0. The van der Waals surface area contributed by atoms with Crippen LogP contribution in [0.3, 0.4) is 0 Å². The number of likely N-dealkylation sites (N-methyl/N-ethyl adjacent to an activating group) is 1. The highest BCUT2D eigenvalue weighted by atomic mass is 16.5. The van der Waals surface area contributed by atoms with Crippen LogP contribution in [-0.4, -0.2) is 112 Å². The average molecular weight is 545 g/mol. The lowest BCUT2D eigenvalue weighted by molar-refractivity contribution is -0.136. The lowest BCUT2D eigenvalue weighted by Gasteiger charge is -2.35. The molecular formula is C26H40N8O5. The van der Waals surface area contributed by atoms with Crippen molar-refractivity contribution < 1.29 is 24.2 Å². The maximum atomic E-state index is 13.2. The largest absolute Gasteiger partial charge is 0.394 e. The van der Waals surface area contributed by atoms with E-state index >= 15 is 0 Å². The first kappa shape index (κ1) is 28.7. The van der Waals surface area contributed by atoms with Gasteiger partial charge in [-0.05, 0) is 19.4 Å². The van der Waals surface area contributed by atoms with Crippen LogP contribution in [0.15, 0.2) is 24.5 Å². The van der Waals surface area contributed by atoms with Crippen molar-refractivity contribution in [1.29, 1.82) is 0 Å². The molecule has 2 aliphatic rings. The lowest BCUT2D eigenvalue weighted by Crippen LogP contribution is -2.48. The summed E-state index contributed by atoms with van der Waals surface area (Å²) in [7, 11) is 1.71. The number of nitrogens with zero attached hydrogens (tertiary/aromatic N) is 7. The second-order valence-electron chi connectivity index (χ2n) is 10.3. The molecule has 2 N–H and O–H groups in total. The molecular weight excluding hydrogens is 504 g/mol. The van der Waals surface area contributed by atoms with E-state index in [1.807, 2.05) is 26.1 Å². The molecule has 3 amide bonds. The van der Waals surface area contributed by atoms with E-state index in [4.69, 9.17) is 9.47 Å². The molecule has 2 aromatic rings. The van der Waals surface area contributed by atoms with Crippen LogP contribution in [0.2, 0.25) is 0 Å². The Morgan fingerprint density at radius 3 is 2.87 bits per heavy atom. The second-order valence-corrected chi connectivity index (χ2v) is 10.3. The minimum absolute atomic E-state index is 0.0263. The summed E-state index contributed by atoms with van der Waals surface area (Å²) in [6.45, 7) is 8.01. The van der Waals surface area contributed by atoms with Crippen LogP contribution in [-0.2, 0) is 27.4 Å². The average Bonchev–Trinajstić information content (AvgIpc) is 3.41. The molecule has 2 aliphatic heterocycles. The molecule has 0 radical (unpaired) electrons. The second kappa shape index (κ2) is 13.7. The predicted molar refractivity (Wildman–Crippen MR) is 144 cm³/mol. The number of pyridine rings is 1. The van der Waals surface area contributed by atoms with Crippen molar-refractivity contribution in [3.63, 3.8) is 0 Å². The van der Waals surface area contributed by atoms with Gasteiger partial charge in [-0.25, -0.2) is 9.78 Å². The number of nitrogens with one attached hydrogen (secondary N) is 1. The number of rotatable bonds is 6. The van der Waals surface area contributed by atoms with Gasteiger partial charge in [0.2, 0.25) is 5.91 Å². The summed E-state index contributed by atoms with van der Waals surface area (Å²) in [5.74, 6) is 0.645. The molecule has 2 aromatic heterocycles. The number of carbonyl (C=O) groups excluding carboxylic acids is 2. The summed E-state index contributed by atoms with van der Waals surface area (Å²) in [6, 6.07) is 3.02. The third kappa shape index (κ3) is 7.87. The van der Waals surface area contributed by atoms with Gasteiger partial charge in [0.1, 0.15) is 11.5 Å². The van der Waals surface area contributed by atoms with E-state index in [9.17, 15) is 14.7 Å². The summed E-state index contributed by atoms with van der Waals surface area (Å²) in [6.07, 6.45) is 4.08. The van der Waals surface area contributed by atoms with Crippen LogP contribution in [0.4, 0.5) is 16.3 Å². The molecule has 4 rings (SSSR count). The Kier molecular flexibility index (Phi) is 10.1. The van der Waals surface area contributed by atoms with E-state index in [2.05, 4.69) is 25.5 Å². The Morgan fingerprint density at radius 2 is 2.10 bits per heavy atom. The summed E-state index contributed by atoms with van der Waals surface area (Å²) >= 11 is 0. The molecule has 3 atom stereocenters. The fraction of sp³-hybridized carbons (Fsp3) is 0.654. The van der Waals surface area contributed by atoms with E-state index in [0.29, 0.717) is 50.5 Å². The summed E-state index contributed by atoms with van der Waals surface area (Å²) in [5.41, 5.74) is 1.34. The Balaban J connectivity index is 1.45. The van der Waals surface area contributed by atoms with Crippen molar-refractivity contribution in [2.75, 3.05) is 63.3 Å². The first-order valence-corrected chi connectivity index (χ1v) is 13.6. The molecule has 13 heteroatoms. The molecule has 0 saturated carbocycles. The number of urea groups is 1. The Hall–Kier alpha value is -3.29. The normalized spacial score (nSPS) is 21.9. The minimum Gasteiger partial charge on any atom is -0.394 e. The van der Waals surface area contributed by atoms with Crippen molar-refractivity contribution in [1.82, 2.24) is 29.8 Å². The zero-order valence-electron chi connectivity index (χ0n) is 23.0. The van der Waals surface area contributed by atoms with Gasteiger partial charge in [-0.15, -0.1) is 5.10 Å². The van der Waals surface area contributed by atoms with E-state index in [-0.39, 0.29) is 43.7 Å². The highest BCUT2D eigenvalue weighted by Crippen LogP contribution is 2.20. The molecule has 39 heavy (non-hydrogen) atoms. The van der Waals surface area contributed by atoms with Crippen molar-refractivity contribution in [2.24, 2.45) is 5.92 Å². The molecule has 2 bridgehead atoms. The number of aryl methyl sites for hydroxylation is 1. The maximum Gasteiger partial charge on any atom is 0.321 e. The number of aliphatic hydroxyl groups is 1. The number of ether oxygens (including phenoxy) is 2. The van der Waals surface area contributed by atoms with Crippen LogP contribution < -0.4 is 10.2 Å². The summed E-state index contributed by atoms with van der Waals surface area (Å²) in [5, 5.41) is 21.1. The molecule has 1 saturated heterocycles. The molecule has 0 unspecified atom stereocenters. The maximum absolute atomic E-state index is 13.2. The van der Waals surface area contributed by atoms with Crippen LogP contribution >= 0.6 is 0 Å². The Labute approximate surface area is 229 Å². The van der Waals surface area contributed by atoms with Gasteiger partial charge in [-0.2, -0.15) is 0 Å². The van der Waals surface area contributed by atoms with Gasteiger partial charge in [0.15, 0.2) is 0 Å². The number of hydrogen-bond acceptors (Lipinski definition) is 9. The van der Waals surface area contributed by atoms with Crippen molar-refractivity contribution in [2.45, 2.75) is 52.0 Å². The molecule has 0 aliphatic carbocycles. The lowest BCUT2D eigenvalue weighted by atomic mass is 10.0. The number of anilines is 2. The van der Waals surface area contributed by atoms with Gasteiger partial charge in [0, 0.05) is 70.1 Å². The topological polar surface area (TPSA) is 138 Å². The quantitative estimate of drug-likeness (QED) is 0.549. The third-order valence-corrected chi connectivity index (χ3v) is 7.18. The summed E-state index contributed by atoms with van der Waals surface area (Å²) in [4.78, 5) is 36.1. The Morgan fingerprint density at radius 1 is 1.31 bits per heavy atom. The number of hydrogen-bond donors (Lipinski definition) is 2. The Bertz CT molecular complexity index is 1090. The van der Waals surface area contributed by atoms with Crippen LogP contribution in [0.5, 0.6) is 0 Å². The summed E-state index contributed by atoms with van der Waals surface area (Å²) < 4.78 is 13.4. The number of aliphatic hydroxyl groups excluding tert-OH is 1. The fourth-order valence-corrected chi connectivity index (χ4v) is 4.73. The van der Waals surface area contributed by atoms with Gasteiger partial charge in [0.25, 0.3) is 0 Å². The number of fused-ring (bicyclic) bond motifs is 2. The van der Waals surface area contributed by atoms with Gasteiger partial charge < -0.3 is 34.6 Å². The van der Waals surface area contributed by atoms with E-state index in [1.165, 1.54) is 0 Å². The minimum atomic E-state index is -0.394. The standard InChI is InChI=1S/C26H40N8O5/c1-19-14-34(20(2)17-35)25(36)5-4-8-33-15-22(29-30-33)18-39-23(19)16-31(3)26(37)28-21-6-7-27-24(13-21)32-9-11-38-12-10-32/h6-7,13,15,19-20,23,35H,4-5,8-12,14,16-18H2,1-3H3,(H,27,28,37)/t19-,20-,23-/m1/s1. The van der Waals surface area contributed by atoms with Gasteiger partial charge in [0.05, 0.1) is 44.8 Å². The van der Waals surface area contributed by atoms with Crippen LogP contribution in [0.25, 0.3) is 0 Å². The highest BCUT2D eigenvalue weighted by molar-refractivity contribution is 5.89. The van der Waals surface area contributed by atoms with Crippen molar-refractivity contribution >= 4 is 23.4 Å². The monoisotopic (exact) mass is 544 g/mol. The van der Waals surface area contributed by atoms with E-state index in [1.54, 1.807) is 33.8 Å².